The summed E-state index contributed by atoms with van der Waals surface area (Å²) in [7, 11) is -0.542. The molecule has 4 N–H and O–H groups in total. The van der Waals surface area contributed by atoms with Crippen LogP contribution in [0.4, 0.5) is 11.4 Å². The minimum absolute atomic E-state index is 0.184. The predicted octanol–water partition coefficient (Wildman–Crippen LogP) is 6.10. The fourth-order valence-electron chi connectivity index (χ4n) is 3.51. The topological polar surface area (TPSA) is 70.5 Å². The maximum absolute atomic E-state index is 6.15. The van der Waals surface area contributed by atoms with Crippen LogP contribution in [0, 0.1) is 0 Å². The van der Waals surface area contributed by atoms with Crippen LogP contribution in [-0.4, -0.2) is 15.4 Å². The van der Waals surface area contributed by atoms with Crippen LogP contribution in [0.5, 0.6) is 11.5 Å². The van der Waals surface area contributed by atoms with Gasteiger partial charge in [0.1, 0.15) is 21.0 Å². The van der Waals surface area contributed by atoms with E-state index in [0.29, 0.717) is 0 Å². The molecule has 0 saturated carbocycles. The van der Waals surface area contributed by atoms with Crippen LogP contribution in [0.3, 0.4) is 0 Å². The molecular weight excluding hydrogens is 388 g/mol. The van der Waals surface area contributed by atoms with Crippen molar-refractivity contribution in [2.24, 2.45) is 0 Å². The van der Waals surface area contributed by atoms with Crippen molar-refractivity contribution in [2.45, 2.75) is 83.1 Å². The number of nitrogens with two attached hydrogens (primary N) is 2. The second-order valence-electron chi connectivity index (χ2n) is 8.13. The molecule has 0 heterocycles. The van der Waals surface area contributed by atoms with Crippen molar-refractivity contribution in [3.8, 4) is 11.5 Å². The molecular formula is C25H40N2O2Si. The molecule has 0 fully saturated rings. The Morgan fingerprint density at radius 2 is 1.03 bits per heavy atom. The number of benzene rings is 2. The van der Waals surface area contributed by atoms with Gasteiger partial charge >= 0.3 is 0 Å². The first-order valence-electron chi connectivity index (χ1n) is 11.7. The van der Waals surface area contributed by atoms with Crippen LogP contribution in [0.15, 0.2) is 48.5 Å². The highest BCUT2D eigenvalue weighted by molar-refractivity contribution is 6.36. The highest BCUT2D eigenvalue weighted by Crippen LogP contribution is 2.20. The van der Waals surface area contributed by atoms with E-state index in [0.717, 1.165) is 22.9 Å². The van der Waals surface area contributed by atoms with Gasteiger partial charge in [-0.05, 0) is 48.5 Å². The zero-order valence-corrected chi connectivity index (χ0v) is 20.1. The Morgan fingerprint density at radius 3 is 1.47 bits per heavy atom. The second-order valence-corrected chi connectivity index (χ2v) is 10.1. The lowest BCUT2D eigenvalue weighted by Gasteiger charge is -2.21. The third-order valence-corrected chi connectivity index (χ3v) is 7.05. The summed E-state index contributed by atoms with van der Waals surface area (Å²) in [5, 5.41) is 0. The number of hydrogen-bond donors (Lipinski definition) is 2. The lowest BCUT2D eigenvalue weighted by molar-refractivity contribution is 0.0731. The molecule has 5 heteroatoms. The molecule has 2 aromatic carbocycles. The van der Waals surface area contributed by atoms with Gasteiger partial charge in [0.15, 0.2) is 0 Å². The van der Waals surface area contributed by atoms with E-state index in [4.69, 9.17) is 20.9 Å². The third-order valence-electron chi connectivity index (χ3n) is 5.34. The van der Waals surface area contributed by atoms with Crippen LogP contribution in [0.1, 0.15) is 71.1 Å². The Morgan fingerprint density at radius 1 is 0.633 bits per heavy atom. The van der Waals surface area contributed by atoms with Gasteiger partial charge in [-0.3, -0.25) is 0 Å². The Labute approximate surface area is 185 Å². The molecule has 0 aliphatic carbocycles. The van der Waals surface area contributed by atoms with Crippen molar-refractivity contribution in [1.29, 1.82) is 0 Å². The van der Waals surface area contributed by atoms with Gasteiger partial charge < -0.3 is 20.9 Å². The quantitative estimate of drug-likeness (QED) is 0.147. The normalized spacial score (nSPS) is 11.4. The molecule has 0 bridgehead atoms. The van der Waals surface area contributed by atoms with E-state index in [1.54, 1.807) is 0 Å². The predicted molar refractivity (Wildman–Crippen MR) is 132 cm³/mol. The van der Waals surface area contributed by atoms with E-state index in [1.807, 2.05) is 48.5 Å². The summed E-state index contributed by atoms with van der Waals surface area (Å²) in [5.41, 5.74) is 13.0. The van der Waals surface area contributed by atoms with Crippen LogP contribution >= 0.6 is 0 Å². The molecule has 0 radical (unpaired) electrons. The van der Waals surface area contributed by atoms with E-state index in [1.165, 1.54) is 70.3 Å². The van der Waals surface area contributed by atoms with Crippen molar-refractivity contribution >= 4 is 20.9 Å². The molecule has 0 aliphatic rings. The zero-order valence-electron chi connectivity index (χ0n) is 18.7. The average Bonchev–Trinajstić information content (AvgIpc) is 2.75. The molecule has 0 aliphatic heterocycles. The fourth-order valence-corrected chi connectivity index (χ4v) is 5.11. The summed E-state index contributed by atoms with van der Waals surface area (Å²) in [5.74, 6) is 1.43. The molecule has 0 amide bonds. The lowest BCUT2D eigenvalue weighted by atomic mass is 10.1. The Balaban J connectivity index is 1.69. The van der Waals surface area contributed by atoms with Crippen molar-refractivity contribution in [2.75, 3.05) is 11.5 Å². The number of ether oxygens (including phenoxy) is 2. The monoisotopic (exact) mass is 428 g/mol. The minimum Gasteiger partial charge on any atom is -0.460 e. The summed E-state index contributed by atoms with van der Waals surface area (Å²) in [6.45, 7) is 2.27. The molecule has 0 spiro atoms. The van der Waals surface area contributed by atoms with Crippen molar-refractivity contribution in [1.82, 2.24) is 0 Å². The van der Waals surface area contributed by atoms with Gasteiger partial charge in [0.25, 0.3) is 0 Å². The molecule has 0 atom stereocenters. The van der Waals surface area contributed by atoms with Gasteiger partial charge in [0.2, 0.25) is 5.91 Å². The van der Waals surface area contributed by atoms with Gasteiger partial charge in [-0.25, -0.2) is 0 Å². The zero-order chi connectivity index (χ0) is 21.4. The largest absolute Gasteiger partial charge is 0.460 e. The number of unbranched alkanes of at least 4 members (excludes halogenated alkanes) is 9. The molecule has 30 heavy (non-hydrogen) atoms. The highest BCUT2D eigenvalue weighted by Gasteiger charge is 2.13. The van der Waals surface area contributed by atoms with Crippen LogP contribution in [0.25, 0.3) is 0 Å². The van der Waals surface area contributed by atoms with Crippen LogP contribution in [-0.2, 0) is 0 Å². The minimum atomic E-state index is -0.542. The molecule has 2 aromatic rings. The van der Waals surface area contributed by atoms with Gasteiger partial charge in [0.05, 0.1) is 0 Å². The Hall–Kier alpha value is -2.14. The molecule has 4 nitrogen and oxygen atoms in total. The summed E-state index contributed by atoms with van der Waals surface area (Å²) in [6.07, 6.45) is 13.7. The highest BCUT2D eigenvalue weighted by atomic mass is 28.2. The second kappa shape index (κ2) is 14.8. The van der Waals surface area contributed by atoms with Gasteiger partial charge in [-0.15, -0.1) is 0 Å². The number of hydrogen-bond acceptors (Lipinski definition) is 4. The van der Waals surface area contributed by atoms with E-state index in [9.17, 15) is 0 Å². The van der Waals surface area contributed by atoms with Crippen molar-refractivity contribution in [3.63, 3.8) is 0 Å². The number of rotatable bonds is 16. The molecule has 0 unspecified atom stereocenters. The fraction of sp³-hybridized carbons (Fsp3) is 0.520. The third kappa shape index (κ3) is 10.6. The van der Waals surface area contributed by atoms with Gasteiger partial charge in [-0.2, -0.15) is 0 Å². The molecule has 2 rings (SSSR count). The molecule has 0 saturated heterocycles. The summed E-state index contributed by atoms with van der Waals surface area (Å²) < 4.78 is 12.3. The van der Waals surface area contributed by atoms with Crippen molar-refractivity contribution < 1.29 is 9.47 Å². The molecule has 0 aromatic heterocycles. The SMILES string of the molecule is CCCCCCCCCCCC[SiH2]C(Oc1ccc(N)cc1)Oc1ccc(N)cc1. The lowest BCUT2D eigenvalue weighted by Crippen LogP contribution is -2.30. The first-order valence-corrected chi connectivity index (χ1v) is 13.5. The first-order chi connectivity index (χ1) is 14.7. The smallest absolute Gasteiger partial charge is 0.212 e. The van der Waals surface area contributed by atoms with E-state index < -0.39 is 9.52 Å². The maximum atomic E-state index is 6.15. The first kappa shape index (κ1) is 24.1. The van der Waals surface area contributed by atoms with Gasteiger partial charge in [0, 0.05) is 11.4 Å². The van der Waals surface area contributed by atoms with E-state index >= 15 is 0 Å². The Kier molecular flexibility index (Phi) is 11.9. The maximum Gasteiger partial charge on any atom is 0.212 e. The van der Waals surface area contributed by atoms with E-state index in [-0.39, 0.29) is 5.91 Å². The van der Waals surface area contributed by atoms with Crippen LogP contribution in [0.2, 0.25) is 6.04 Å². The van der Waals surface area contributed by atoms with Crippen molar-refractivity contribution in [3.05, 3.63) is 48.5 Å². The number of anilines is 2. The van der Waals surface area contributed by atoms with Crippen LogP contribution < -0.4 is 20.9 Å². The van der Waals surface area contributed by atoms with E-state index in [2.05, 4.69) is 6.92 Å². The standard InChI is InChI=1S/C25H40N2O2Si/c1-2-3-4-5-6-7-8-9-10-11-20-30-25(28-23-16-12-21(26)13-17-23)29-24-18-14-22(27)15-19-24/h12-19,25H,2-11,20,26-27,30H2,1H3. The molecule has 166 valence electrons. The van der Waals surface area contributed by atoms with Gasteiger partial charge in [-0.1, -0.05) is 77.2 Å². The summed E-state index contributed by atoms with van der Waals surface area (Å²) in [4.78, 5) is 0. The summed E-state index contributed by atoms with van der Waals surface area (Å²) >= 11 is 0. The Bertz CT molecular complexity index is 629. The average molecular weight is 429 g/mol. The summed E-state index contributed by atoms with van der Waals surface area (Å²) in [6, 6.07) is 16.3. The number of nitrogen functional groups attached to an aromatic ring is 2.